The van der Waals surface area contributed by atoms with Gasteiger partial charge in [-0.2, -0.15) is 0 Å². The minimum atomic E-state index is 0.575. The number of rotatable bonds is 2. The summed E-state index contributed by atoms with van der Waals surface area (Å²) in [4.78, 5) is 4.32. The monoisotopic (exact) mass is 267 g/mol. The minimum Gasteiger partial charge on any atom is -0.496 e. The Hall–Kier alpha value is -1.06. The van der Waals surface area contributed by atoms with E-state index in [4.69, 9.17) is 16.3 Å². The smallest absolute Gasteiger partial charge is 0.184 e. The standard InChI is InChI=1S/C13H14ClNOS/c1-7-5-10(11-6-17-13(14)15-11)8(2)9(3)12(7)16-4/h5-6H,1-4H3. The first-order chi connectivity index (χ1) is 8.04. The van der Waals surface area contributed by atoms with Gasteiger partial charge in [-0.1, -0.05) is 11.6 Å². The molecular formula is C13H14ClNOS. The maximum Gasteiger partial charge on any atom is 0.184 e. The lowest BCUT2D eigenvalue weighted by Gasteiger charge is -2.14. The van der Waals surface area contributed by atoms with Gasteiger partial charge >= 0.3 is 0 Å². The fourth-order valence-electron chi connectivity index (χ4n) is 2.01. The first-order valence-corrected chi connectivity index (χ1v) is 6.56. The van der Waals surface area contributed by atoms with E-state index in [1.807, 2.05) is 12.3 Å². The van der Waals surface area contributed by atoms with E-state index < -0.39 is 0 Å². The fraction of sp³-hybridized carbons (Fsp3) is 0.308. The summed E-state index contributed by atoms with van der Waals surface area (Å²) < 4.78 is 5.98. The van der Waals surface area contributed by atoms with E-state index in [0.29, 0.717) is 4.47 Å². The summed E-state index contributed by atoms with van der Waals surface area (Å²) >= 11 is 7.34. The largest absolute Gasteiger partial charge is 0.496 e. The van der Waals surface area contributed by atoms with Gasteiger partial charge in [0.05, 0.1) is 12.8 Å². The van der Waals surface area contributed by atoms with E-state index in [9.17, 15) is 0 Å². The molecule has 0 saturated carbocycles. The summed E-state index contributed by atoms with van der Waals surface area (Å²) in [5.41, 5.74) is 5.53. The molecule has 0 amide bonds. The number of thiazole rings is 1. The number of nitrogens with zero attached hydrogens (tertiary/aromatic N) is 1. The van der Waals surface area contributed by atoms with Crippen molar-refractivity contribution in [2.45, 2.75) is 20.8 Å². The van der Waals surface area contributed by atoms with Gasteiger partial charge in [0.1, 0.15) is 5.75 Å². The molecule has 17 heavy (non-hydrogen) atoms. The minimum absolute atomic E-state index is 0.575. The number of methoxy groups -OCH3 is 1. The van der Waals surface area contributed by atoms with Crippen LogP contribution in [0.1, 0.15) is 16.7 Å². The van der Waals surface area contributed by atoms with E-state index in [1.165, 1.54) is 16.9 Å². The lowest BCUT2D eigenvalue weighted by Crippen LogP contribution is -1.96. The molecule has 0 aliphatic carbocycles. The SMILES string of the molecule is COc1c(C)cc(-c2csc(Cl)n2)c(C)c1C. The zero-order valence-corrected chi connectivity index (χ0v) is 11.9. The Balaban J connectivity index is 2.64. The highest BCUT2D eigenvalue weighted by atomic mass is 35.5. The Morgan fingerprint density at radius 2 is 1.94 bits per heavy atom. The lowest BCUT2D eigenvalue weighted by molar-refractivity contribution is 0.408. The molecule has 0 bridgehead atoms. The normalized spacial score (nSPS) is 10.6. The predicted octanol–water partition coefficient (Wildman–Crippen LogP) is 4.40. The van der Waals surface area contributed by atoms with Crippen LogP contribution < -0.4 is 4.74 Å². The van der Waals surface area contributed by atoms with Crippen LogP contribution in [-0.2, 0) is 0 Å². The Kier molecular flexibility index (Phi) is 3.40. The molecule has 0 radical (unpaired) electrons. The van der Waals surface area contributed by atoms with E-state index in [2.05, 4.69) is 24.9 Å². The highest BCUT2D eigenvalue weighted by molar-refractivity contribution is 7.14. The average Bonchev–Trinajstić information content (AvgIpc) is 2.71. The molecular weight excluding hydrogens is 254 g/mol. The maximum absolute atomic E-state index is 5.88. The molecule has 0 aliphatic rings. The number of hydrogen-bond acceptors (Lipinski definition) is 3. The highest BCUT2D eigenvalue weighted by Crippen LogP contribution is 2.35. The van der Waals surface area contributed by atoms with Crippen LogP contribution in [0.5, 0.6) is 5.75 Å². The molecule has 4 heteroatoms. The van der Waals surface area contributed by atoms with Gasteiger partial charge in [0.15, 0.2) is 4.47 Å². The third kappa shape index (κ3) is 2.17. The van der Waals surface area contributed by atoms with Crippen LogP contribution in [0.25, 0.3) is 11.3 Å². The second-order valence-electron chi connectivity index (χ2n) is 4.01. The van der Waals surface area contributed by atoms with Crippen LogP contribution in [0.2, 0.25) is 4.47 Å². The van der Waals surface area contributed by atoms with Gasteiger partial charge in [-0.05, 0) is 43.5 Å². The molecule has 1 heterocycles. The van der Waals surface area contributed by atoms with Crippen molar-refractivity contribution in [1.29, 1.82) is 0 Å². The lowest BCUT2D eigenvalue weighted by atomic mass is 9.97. The van der Waals surface area contributed by atoms with Crippen LogP contribution in [0.3, 0.4) is 0 Å². The van der Waals surface area contributed by atoms with Gasteiger partial charge in [-0.25, -0.2) is 4.98 Å². The van der Waals surface area contributed by atoms with E-state index in [0.717, 1.165) is 28.1 Å². The van der Waals surface area contributed by atoms with Crippen molar-refractivity contribution in [2.75, 3.05) is 7.11 Å². The Labute approximate surface area is 110 Å². The number of aryl methyl sites for hydroxylation is 1. The number of benzene rings is 1. The molecule has 0 unspecified atom stereocenters. The van der Waals surface area contributed by atoms with E-state index in [1.54, 1.807) is 7.11 Å². The Morgan fingerprint density at radius 1 is 1.24 bits per heavy atom. The van der Waals surface area contributed by atoms with Crippen molar-refractivity contribution in [1.82, 2.24) is 4.98 Å². The topological polar surface area (TPSA) is 22.1 Å². The van der Waals surface area contributed by atoms with Gasteiger partial charge in [-0.3, -0.25) is 0 Å². The number of hydrogen-bond donors (Lipinski definition) is 0. The number of ether oxygens (including phenoxy) is 1. The molecule has 2 nitrogen and oxygen atoms in total. The number of aromatic nitrogens is 1. The summed E-state index contributed by atoms with van der Waals surface area (Å²) in [5, 5.41) is 1.98. The van der Waals surface area contributed by atoms with Crippen molar-refractivity contribution >= 4 is 22.9 Å². The molecule has 0 N–H and O–H groups in total. The Bertz CT molecular complexity index is 563. The third-order valence-electron chi connectivity index (χ3n) is 2.98. The van der Waals surface area contributed by atoms with Crippen molar-refractivity contribution in [3.05, 3.63) is 32.6 Å². The molecule has 0 fully saturated rings. The van der Waals surface area contributed by atoms with E-state index >= 15 is 0 Å². The first kappa shape index (κ1) is 12.4. The summed E-state index contributed by atoms with van der Waals surface area (Å²) in [7, 11) is 1.70. The van der Waals surface area contributed by atoms with Crippen molar-refractivity contribution in [3.8, 4) is 17.0 Å². The zero-order valence-electron chi connectivity index (χ0n) is 10.3. The quantitative estimate of drug-likeness (QED) is 0.805. The molecule has 0 atom stereocenters. The van der Waals surface area contributed by atoms with Crippen LogP contribution >= 0.6 is 22.9 Å². The first-order valence-electron chi connectivity index (χ1n) is 5.30. The molecule has 90 valence electrons. The number of halogens is 1. The zero-order chi connectivity index (χ0) is 12.6. The van der Waals surface area contributed by atoms with E-state index in [-0.39, 0.29) is 0 Å². The fourth-order valence-corrected chi connectivity index (χ4v) is 2.78. The summed E-state index contributed by atoms with van der Waals surface area (Å²) in [6.45, 7) is 6.20. The highest BCUT2D eigenvalue weighted by Gasteiger charge is 2.13. The molecule has 0 spiro atoms. The predicted molar refractivity (Wildman–Crippen MR) is 73.3 cm³/mol. The van der Waals surface area contributed by atoms with Gasteiger partial charge in [-0.15, -0.1) is 11.3 Å². The van der Waals surface area contributed by atoms with Crippen LogP contribution in [-0.4, -0.2) is 12.1 Å². The molecule has 2 aromatic rings. The van der Waals surface area contributed by atoms with Crippen LogP contribution in [0.15, 0.2) is 11.4 Å². The van der Waals surface area contributed by atoms with Gasteiger partial charge in [0.25, 0.3) is 0 Å². The van der Waals surface area contributed by atoms with Crippen molar-refractivity contribution < 1.29 is 4.74 Å². The summed E-state index contributed by atoms with van der Waals surface area (Å²) in [6, 6.07) is 2.10. The molecule has 0 saturated heterocycles. The molecule has 0 aliphatic heterocycles. The molecule has 2 rings (SSSR count). The summed E-state index contributed by atoms with van der Waals surface area (Å²) in [6.07, 6.45) is 0. The molecule has 1 aromatic heterocycles. The molecule has 1 aromatic carbocycles. The second-order valence-corrected chi connectivity index (χ2v) is 5.45. The third-order valence-corrected chi connectivity index (χ3v) is 3.96. The average molecular weight is 268 g/mol. The van der Waals surface area contributed by atoms with Gasteiger partial charge in [0.2, 0.25) is 0 Å². The van der Waals surface area contributed by atoms with Gasteiger partial charge in [0, 0.05) is 10.9 Å². The summed E-state index contributed by atoms with van der Waals surface area (Å²) in [5.74, 6) is 0.951. The Morgan fingerprint density at radius 3 is 2.47 bits per heavy atom. The van der Waals surface area contributed by atoms with Crippen LogP contribution in [0, 0.1) is 20.8 Å². The van der Waals surface area contributed by atoms with Crippen LogP contribution in [0.4, 0.5) is 0 Å². The van der Waals surface area contributed by atoms with Crippen molar-refractivity contribution in [2.24, 2.45) is 0 Å². The van der Waals surface area contributed by atoms with Crippen molar-refractivity contribution in [3.63, 3.8) is 0 Å². The second kappa shape index (κ2) is 4.67. The maximum atomic E-state index is 5.88. The van der Waals surface area contributed by atoms with Gasteiger partial charge < -0.3 is 4.74 Å².